The van der Waals surface area contributed by atoms with Crippen molar-refractivity contribution in [3.8, 4) is 5.75 Å². The van der Waals surface area contributed by atoms with Crippen LogP contribution in [0.15, 0.2) is 45.7 Å². The number of rotatable bonds is 2. The number of hydrogen-bond acceptors (Lipinski definition) is 4. The number of para-hydroxylation sites is 2. The number of anilines is 1. The van der Waals surface area contributed by atoms with Gasteiger partial charge < -0.3 is 19.8 Å². The van der Waals surface area contributed by atoms with E-state index in [4.69, 9.17) is 14.9 Å². The van der Waals surface area contributed by atoms with Crippen molar-refractivity contribution in [2.24, 2.45) is 5.73 Å². The van der Waals surface area contributed by atoms with Crippen LogP contribution in [0.2, 0.25) is 0 Å². The molecule has 108 valence electrons. The van der Waals surface area contributed by atoms with Gasteiger partial charge in [0.15, 0.2) is 10.8 Å². The lowest BCUT2D eigenvalue weighted by atomic mass is 10.1. The first-order valence-electron chi connectivity index (χ1n) is 6.18. The van der Waals surface area contributed by atoms with Crippen molar-refractivity contribution in [3.05, 3.63) is 46.8 Å². The average molecular weight is 351 g/mol. The Morgan fingerprint density at radius 1 is 1.29 bits per heavy atom. The third-order valence-electron chi connectivity index (χ3n) is 3.18. The molecule has 2 N–H and O–H groups in total. The predicted molar refractivity (Wildman–Crippen MR) is 78.1 cm³/mol. The Morgan fingerprint density at radius 3 is 2.71 bits per heavy atom. The molecule has 0 aliphatic carbocycles. The van der Waals surface area contributed by atoms with Gasteiger partial charge in [-0.3, -0.25) is 9.59 Å². The first-order valence-corrected chi connectivity index (χ1v) is 6.97. The molecular weight excluding hydrogens is 340 g/mol. The summed E-state index contributed by atoms with van der Waals surface area (Å²) in [5.41, 5.74) is 6.27. The number of benzene rings is 1. The topological polar surface area (TPSA) is 85.8 Å². The second kappa shape index (κ2) is 5.25. The Hall–Kier alpha value is -2.28. The molecule has 2 amide bonds. The number of ether oxygens (including phenoxy) is 1. The Balaban J connectivity index is 2.02. The Morgan fingerprint density at radius 2 is 2.05 bits per heavy atom. The molecule has 1 aliphatic heterocycles. The summed E-state index contributed by atoms with van der Waals surface area (Å²) in [4.78, 5) is 25.5. The first-order chi connectivity index (χ1) is 10.1. The molecule has 1 aromatic carbocycles. The Kier molecular flexibility index (Phi) is 3.42. The Bertz CT molecular complexity index is 713. The fraction of sp³-hybridized carbons (Fsp3) is 0.143. The zero-order valence-electron chi connectivity index (χ0n) is 10.8. The van der Waals surface area contributed by atoms with Crippen molar-refractivity contribution in [2.45, 2.75) is 6.10 Å². The molecule has 2 aromatic rings. The number of carbonyl (C=O) groups excluding carboxylic acids is 2. The van der Waals surface area contributed by atoms with Gasteiger partial charge in [-0.2, -0.15) is 0 Å². The van der Waals surface area contributed by atoms with E-state index >= 15 is 0 Å². The highest BCUT2D eigenvalue weighted by atomic mass is 79.9. The molecule has 1 aromatic heterocycles. The smallest absolute Gasteiger partial charge is 0.263 e. The maximum Gasteiger partial charge on any atom is 0.263 e. The third kappa shape index (κ3) is 2.40. The van der Waals surface area contributed by atoms with E-state index < -0.39 is 12.0 Å². The van der Waals surface area contributed by atoms with Crippen LogP contribution >= 0.6 is 15.9 Å². The molecular formula is C14H11BrN2O4. The number of halogens is 1. The molecule has 0 radical (unpaired) electrons. The highest BCUT2D eigenvalue weighted by molar-refractivity contribution is 9.10. The van der Waals surface area contributed by atoms with Gasteiger partial charge in [0.1, 0.15) is 5.75 Å². The van der Waals surface area contributed by atoms with E-state index in [1.807, 2.05) is 0 Å². The van der Waals surface area contributed by atoms with Crippen LogP contribution in [-0.2, 0) is 4.79 Å². The van der Waals surface area contributed by atoms with E-state index in [1.54, 1.807) is 30.3 Å². The van der Waals surface area contributed by atoms with E-state index in [1.165, 1.54) is 11.2 Å². The molecule has 0 saturated heterocycles. The number of nitrogens with zero attached hydrogens (tertiary/aromatic N) is 1. The van der Waals surface area contributed by atoms with Gasteiger partial charge in [-0.25, -0.2) is 0 Å². The molecule has 0 spiro atoms. The summed E-state index contributed by atoms with van der Waals surface area (Å²) < 4.78 is 10.9. The van der Waals surface area contributed by atoms with Gasteiger partial charge in [0, 0.05) is 0 Å². The third-order valence-corrected chi connectivity index (χ3v) is 3.80. The molecule has 21 heavy (non-hydrogen) atoms. The summed E-state index contributed by atoms with van der Waals surface area (Å²) >= 11 is 3.18. The van der Waals surface area contributed by atoms with Crippen molar-refractivity contribution in [1.82, 2.24) is 0 Å². The molecule has 0 saturated carbocycles. The quantitative estimate of drug-likeness (QED) is 0.896. The van der Waals surface area contributed by atoms with Crippen molar-refractivity contribution in [1.29, 1.82) is 0 Å². The number of hydrogen-bond donors (Lipinski definition) is 1. The molecule has 0 fully saturated rings. The largest absolute Gasteiger partial charge is 0.477 e. The highest BCUT2D eigenvalue weighted by Gasteiger charge is 2.34. The van der Waals surface area contributed by atoms with E-state index in [9.17, 15) is 9.59 Å². The highest BCUT2D eigenvalue weighted by Crippen LogP contribution is 2.34. The average Bonchev–Trinajstić information content (AvgIpc) is 2.91. The number of nitrogens with two attached hydrogens (primary N) is 1. The second-order valence-corrected chi connectivity index (χ2v) is 5.22. The lowest BCUT2D eigenvalue weighted by Gasteiger charge is -2.33. The van der Waals surface area contributed by atoms with Crippen molar-refractivity contribution >= 4 is 33.4 Å². The summed E-state index contributed by atoms with van der Waals surface area (Å²) in [5, 5.41) is 0. The molecule has 2 heterocycles. The van der Waals surface area contributed by atoms with E-state index in [-0.39, 0.29) is 12.5 Å². The van der Waals surface area contributed by atoms with Crippen LogP contribution in [0, 0.1) is 0 Å². The zero-order valence-corrected chi connectivity index (χ0v) is 12.4. The fourth-order valence-electron chi connectivity index (χ4n) is 2.17. The maximum atomic E-state index is 12.6. The molecule has 1 atom stereocenters. The minimum Gasteiger partial charge on any atom is -0.477 e. The summed E-state index contributed by atoms with van der Waals surface area (Å²) in [6, 6.07) is 8.55. The van der Waals surface area contributed by atoms with Gasteiger partial charge in [0.2, 0.25) is 0 Å². The van der Waals surface area contributed by atoms with Gasteiger partial charge in [-0.1, -0.05) is 12.1 Å². The number of amides is 2. The van der Waals surface area contributed by atoms with E-state index in [2.05, 4.69) is 15.9 Å². The predicted octanol–water partition coefficient (Wildman–Crippen LogP) is 1.94. The van der Waals surface area contributed by atoms with Crippen molar-refractivity contribution < 1.29 is 18.7 Å². The normalized spacial score (nSPS) is 17.0. The lowest BCUT2D eigenvalue weighted by Crippen LogP contribution is -2.49. The van der Waals surface area contributed by atoms with Crippen LogP contribution in [0.5, 0.6) is 5.75 Å². The standard InChI is InChI=1S/C14H11BrN2O4/c15-12-8(5-6-20-12)14(19)17-7-11(13(16)18)21-10-4-2-1-3-9(10)17/h1-6,11H,7H2,(H2,16,18). The van der Waals surface area contributed by atoms with Crippen LogP contribution in [0.4, 0.5) is 5.69 Å². The molecule has 6 nitrogen and oxygen atoms in total. The molecule has 1 unspecified atom stereocenters. The van der Waals surface area contributed by atoms with Crippen LogP contribution in [-0.4, -0.2) is 24.5 Å². The molecule has 3 rings (SSSR count). The van der Waals surface area contributed by atoms with Crippen LogP contribution in [0.3, 0.4) is 0 Å². The SMILES string of the molecule is NC(=O)C1CN(C(=O)c2ccoc2Br)c2ccccc2O1. The van der Waals surface area contributed by atoms with Gasteiger partial charge in [0.05, 0.1) is 24.1 Å². The monoisotopic (exact) mass is 350 g/mol. The second-order valence-electron chi connectivity index (χ2n) is 4.50. The molecule has 0 bridgehead atoms. The summed E-state index contributed by atoms with van der Waals surface area (Å²) in [7, 11) is 0. The summed E-state index contributed by atoms with van der Waals surface area (Å²) in [6.45, 7) is 0.0583. The van der Waals surface area contributed by atoms with E-state index in [0.717, 1.165) is 0 Å². The number of furan rings is 1. The van der Waals surface area contributed by atoms with Gasteiger partial charge in [-0.05, 0) is 34.1 Å². The number of carbonyl (C=O) groups is 2. The van der Waals surface area contributed by atoms with Crippen molar-refractivity contribution in [3.63, 3.8) is 0 Å². The van der Waals surface area contributed by atoms with Gasteiger partial charge in [0.25, 0.3) is 11.8 Å². The first kappa shape index (κ1) is 13.7. The van der Waals surface area contributed by atoms with Gasteiger partial charge in [-0.15, -0.1) is 0 Å². The van der Waals surface area contributed by atoms with Crippen molar-refractivity contribution in [2.75, 3.05) is 11.4 Å². The maximum absolute atomic E-state index is 12.6. The number of fused-ring (bicyclic) bond motifs is 1. The Labute approximate surface area is 128 Å². The fourth-order valence-corrected chi connectivity index (χ4v) is 2.58. The summed E-state index contributed by atoms with van der Waals surface area (Å²) in [5.74, 6) is -0.466. The minimum absolute atomic E-state index is 0.0583. The molecule has 7 heteroatoms. The van der Waals surface area contributed by atoms with Gasteiger partial charge >= 0.3 is 0 Å². The number of primary amides is 1. The van der Waals surface area contributed by atoms with Crippen LogP contribution in [0.1, 0.15) is 10.4 Å². The summed E-state index contributed by atoms with van der Waals surface area (Å²) in [6.07, 6.45) is 0.532. The van der Waals surface area contributed by atoms with Crippen LogP contribution < -0.4 is 15.4 Å². The lowest BCUT2D eigenvalue weighted by molar-refractivity contribution is -0.124. The zero-order chi connectivity index (χ0) is 15.0. The minimum atomic E-state index is -0.880. The van der Waals surface area contributed by atoms with Crippen LogP contribution in [0.25, 0.3) is 0 Å². The molecule has 1 aliphatic rings. The van der Waals surface area contributed by atoms with E-state index in [0.29, 0.717) is 21.7 Å².